The highest BCUT2D eigenvalue weighted by atomic mass is 16.5. The minimum absolute atomic E-state index is 0.115. The van der Waals surface area contributed by atoms with Gasteiger partial charge in [-0.1, -0.05) is 36.8 Å². The fourth-order valence-electron chi connectivity index (χ4n) is 2.10. The number of benzene rings is 1. The minimum atomic E-state index is -0.115. The number of aryl methyl sites for hydroxylation is 1. The summed E-state index contributed by atoms with van der Waals surface area (Å²) in [4.78, 5) is 0. The maximum absolute atomic E-state index is 5.88. The third-order valence-corrected chi connectivity index (χ3v) is 3.77. The predicted octanol–water partition coefficient (Wildman–Crippen LogP) is 3.87. The quantitative estimate of drug-likeness (QED) is 0.664. The number of hydrogen-bond acceptors (Lipinski definition) is 3. The van der Waals surface area contributed by atoms with Crippen LogP contribution in [0, 0.1) is 6.92 Å². The average Bonchev–Trinajstić information content (AvgIpc) is 2.46. The van der Waals surface area contributed by atoms with E-state index in [4.69, 9.17) is 9.47 Å². The van der Waals surface area contributed by atoms with Crippen molar-refractivity contribution in [1.29, 1.82) is 0 Å². The van der Waals surface area contributed by atoms with Crippen molar-refractivity contribution in [3.8, 4) is 0 Å². The fraction of sp³-hybridized carbons (Fsp3) is 0.667. The molecule has 0 bridgehead atoms. The molecule has 0 aliphatic heterocycles. The number of nitrogens with one attached hydrogen (secondary N) is 1. The van der Waals surface area contributed by atoms with Gasteiger partial charge < -0.3 is 14.8 Å². The van der Waals surface area contributed by atoms with Gasteiger partial charge in [0.25, 0.3) is 0 Å². The molecule has 3 heteroatoms. The van der Waals surface area contributed by atoms with Crippen molar-refractivity contribution in [2.75, 3.05) is 26.9 Å². The fourth-order valence-corrected chi connectivity index (χ4v) is 2.10. The van der Waals surface area contributed by atoms with Crippen molar-refractivity contribution in [2.45, 2.75) is 52.2 Å². The van der Waals surface area contributed by atoms with E-state index in [1.165, 1.54) is 11.1 Å². The van der Waals surface area contributed by atoms with Crippen molar-refractivity contribution in [3.05, 3.63) is 35.4 Å². The van der Waals surface area contributed by atoms with Crippen LogP contribution < -0.4 is 5.32 Å². The first-order chi connectivity index (χ1) is 9.98. The first-order valence-electron chi connectivity index (χ1n) is 7.91. The summed E-state index contributed by atoms with van der Waals surface area (Å²) in [5.74, 6) is 0. The smallest absolute Gasteiger partial charge is 0.0661 e. The van der Waals surface area contributed by atoms with Crippen molar-refractivity contribution in [1.82, 2.24) is 5.32 Å². The summed E-state index contributed by atoms with van der Waals surface area (Å²) in [5, 5.41) is 3.57. The van der Waals surface area contributed by atoms with Crippen LogP contribution in [0.2, 0.25) is 0 Å². The van der Waals surface area contributed by atoms with E-state index in [1.54, 1.807) is 7.11 Å². The van der Waals surface area contributed by atoms with Crippen LogP contribution in [0.1, 0.15) is 50.8 Å². The highest BCUT2D eigenvalue weighted by Crippen LogP contribution is 2.17. The van der Waals surface area contributed by atoms with Crippen LogP contribution >= 0.6 is 0 Å². The normalized spacial score (nSPS) is 13.4. The molecule has 21 heavy (non-hydrogen) atoms. The SMILES string of the molecule is CCCNC(COCCC(C)(C)OC)c1cccc(C)c1. The zero-order valence-electron chi connectivity index (χ0n) is 14.2. The lowest BCUT2D eigenvalue weighted by Crippen LogP contribution is -2.28. The molecule has 1 atom stereocenters. The molecule has 1 aromatic carbocycles. The van der Waals surface area contributed by atoms with E-state index in [0.717, 1.165) is 26.0 Å². The molecule has 120 valence electrons. The van der Waals surface area contributed by atoms with Crippen LogP contribution in [0.25, 0.3) is 0 Å². The number of ether oxygens (including phenoxy) is 2. The maximum atomic E-state index is 5.88. The Bertz CT molecular complexity index is 404. The van der Waals surface area contributed by atoms with E-state index in [9.17, 15) is 0 Å². The molecule has 1 N–H and O–H groups in total. The van der Waals surface area contributed by atoms with Gasteiger partial charge in [-0.2, -0.15) is 0 Å². The predicted molar refractivity (Wildman–Crippen MR) is 88.7 cm³/mol. The highest BCUT2D eigenvalue weighted by molar-refractivity contribution is 5.25. The molecular weight excluding hydrogens is 262 g/mol. The van der Waals surface area contributed by atoms with Crippen LogP contribution in [0.4, 0.5) is 0 Å². The molecule has 1 aromatic rings. The second kappa shape index (κ2) is 9.19. The topological polar surface area (TPSA) is 30.5 Å². The van der Waals surface area contributed by atoms with E-state index >= 15 is 0 Å². The molecule has 0 radical (unpaired) electrons. The molecule has 0 saturated carbocycles. The van der Waals surface area contributed by atoms with Gasteiger partial charge in [0.15, 0.2) is 0 Å². The van der Waals surface area contributed by atoms with Gasteiger partial charge in [-0.15, -0.1) is 0 Å². The summed E-state index contributed by atoms with van der Waals surface area (Å²) in [6.07, 6.45) is 2.02. The van der Waals surface area contributed by atoms with Gasteiger partial charge in [-0.25, -0.2) is 0 Å². The standard InChI is InChI=1S/C18H31NO2/c1-6-11-19-17(16-9-7-8-15(2)13-16)14-21-12-10-18(3,4)20-5/h7-9,13,17,19H,6,10-12,14H2,1-5H3. The summed E-state index contributed by atoms with van der Waals surface area (Å²) in [6, 6.07) is 8.90. The summed E-state index contributed by atoms with van der Waals surface area (Å²) >= 11 is 0. The first kappa shape index (κ1) is 18.1. The van der Waals surface area contributed by atoms with Crippen molar-refractivity contribution in [2.24, 2.45) is 0 Å². The number of methoxy groups -OCH3 is 1. The van der Waals surface area contributed by atoms with Crippen LogP contribution in [0.3, 0.4) is 0 Å². The molecular formula is C18H31NO2. The van der Waals surface area contributed by atoms with Crippen LogP contribution in [0.5, 0.6) is 0 Å². The summed E-state index contributed by atoms with van der Waals surface area (Å²) in [6.45, 7) is 10.9. The Labute approximate surface area is 130 Å². The lowest BCUT2D eigenvalue weighted by molar-refractivity contribution is -0.0124. The zero-order chi connectivity index (χ0) is 15.7. The number of rotatable bonds is 10. The highest BCUT2D eigenvalue weighted by Gasteiger charge is 2.17. The van der Waals surface area contributed by atoms with E-state index in [0.29, 0.717) is 6.61 Å². The average molecular weight is 293 g/mol. The van der Waals surface area contributed by atoms with Gasteiger partial charge in [-0.3, -0.25) is 0 Å². The van der Waals surface area contributed by atoms with Crippen LogP contribution in [-0.4, -0.2) is 32.5 Å². The maximum Gasteiger partial charge on any atom is 0.0661 e. The van der Waals surface area contributed by atoms with Crippen molar-refractivity contribution in [3.63, 3.8) is 0 Å². The Kier molecular flexibility index (Phi) is 7.94. The monoisotopic (exact) mass is 293 g/mol. The Balaban J connectivity index is 2.51. The summed E-state index contributed by atoms with van der Waals surface area (Å²) < 4.78 is 11.3. The molecule has 0 saturated heterocycles. The van der Waals surface area contributed by atoms with Crippen molar-refractivity contribution >= 4 is 0 Å². The van der Waals surface area contributed by atoms with Gasteiger partial charge in [0.1, 0.15) is 0 Å². The Hall–Kier alpha value is -0.900. The van der Waals surface area contributed by atoms with Gasteiger partial charge in [0.2, 0.25) is 0 Å². The largest absolute Gasteiger partial charge is 0.379 e. The zero-order valence-corrected chi connectivity index (χ0v) is 14.2. The molecule has 1 unspecified atom stereocenters. The molecule has 0 spiro atoms. The molecule has 1 rings (SSSR count). The molecule has 0 aliphatic rings. The second-order valence-electron chi connectivity index (χ2n) is 6.21. The Morgan fingerprint density at radius 2 is 2.05 bits per heavy atom. The van der Waals surface area contributed by atoms with Gasteiger partial charge in [0, 0.05) is 13.7 Å². The van der Waals surface area contributed by atoms with Gasteiger partial charge >= 0.3 is 0 Å². The summed E-state index contributed by atoms with van der Waals surface area (Å²) in [5.41, 5.74) is 2.47. The Morgan fingerprint density at radius 1 is 1.29 bits per heavy atom. The molecule has 0 heterocycles. The third-order valence-electron chi connectivity index (χ3n) is 3.77. The van der Waals surface area contributed by atoms with E-state index in [2.05, 4.69) is 57.3 Å². The van der Waals surface area contributed by atoms with Crippen LogP contribution in [0.15, 0.2) is 24.3 Å². The molecule has 0 aliphatic carbocycles. The molecule has 0 fully saturated rings. The first-order valence-corrected chi connectivity index (χ1v) is 7.91. The minimum Gasteiger partial charge on any atom is -0.379 e. The molecule has 3 nitrogen and oxygen atoms in total. The third kappa shape index (κ3) is 7.07. The van der Waals surface area contributed by atoms with Crippen molar-refractivity contribution < 1.29 is 9.47 Å². The lowest BCUT2D eigenvalue weighted by atomic mass is 10.0. The van der Waals surface area contributed by atoms with E-state index in [1.807, 2.05) is 0 Å². The lowest BCUT2D eigenvalue weighted by Gasteiger charge is -2.24. The van der Waals surface area contributed by atoms with E-state index < -0.39 is 0 Å². The summed E-state index contributed by atoms with van der Waals surface area (Å²) in [7, 11) is 1.75. The van der Waals surface area contributed by atoms with Gasteiger partial charge in [0.05, 0.1) is 18.2 Å². The van der Waals surface area contributed by atoms with E-state index in [-0.39, 0.29) is 11.6 Å². The Morgan fingerprint density at radius 3 is 2.67 bits per heavy atom. The molecule has 0 amide bonds. The van der Waals surface area contributed by atoms with Gasteiger partial charge in [-0.05, 0) is 45.7 Å². The van der Waals surface area contributed by atoms with Crippen LogP contribution in [-0.2, 0) is 9.47 Å². The molecule has 0 aromatic heterocycles. The second-order valence-corrected chi connectivity index (χ2v) is 6.21. The number of hydrogen-bond donors (Lipinski definition) is 1.